The zero-order valence-electron chi connectivity index (χ0n) is 17.6. The Morgan fingerprint density at radius 1 is 0.636 bits per heavy atom. The molecule has 1 aliphatic carbocycles. The number of aromatic nitrogens is 3. The Kier molecular flexibility index (Phi) is 3.73. The quantitative estimate of drug-likeness (QED) is 0.425. The summed E-state index contributed by atoms with van der Waals surface area (Å²) in [6.07, 6.45) is 6.41. The predicted octanol–water partition coefficient (Wildman–Crippen LogP) is 4.79. The van der Waals surface area contributed by atoms with Gasteiger partial charge in [0.25, 0.3) is 0 Å². The van der Waals surface area contributed by atoms with Crippen molar-refractivity contribution in [2.24, 2.45) is 0 Å². The van der Waals surface area contributed by atoms with Crippen LogP contribution >= 0.6 is 0 Å². The van der Waals surface area contributed by atoms with Crippen LogP contribution in [-0.4, -0.2) is 15.0 Å². The van der Waals surface area contributed by atoms with Crippen molar-refractivity contribution in [1.29, 1.82) is 0 Å². The molecule has 0 fully saturated rings. The first-order valence-corrected chi connectivity index (χ1v) is 10.9. The Labute approximate surface area is 187 Å². The number of hydrogen-bond donors (Lipinski definition) is 1. The van der Waals surface area contributed by atoms with E-state index in [1.807, 2.05) is 54.6 Å². The molecule has 158 valence electrons. The number of hydrogen-bond acceptors (Lipinski definition) is 6. The van der Waals surface area contributed by atoms with E-state index in [4.69, 9.17) is 19.6 Å². The van der Waals surface area contributed by atoms with E-state index in [1.165, 1.54) is 5.22 Å². The van der Waals surface area contributed by atoms with Crippen molar-refractivity contribution in [3.05, 3.63) is 71.3 Å². The molecule has 3 heterocycles. The SMILES string of the molecule is Nc1nc(-c2ccc3c4c(oc3c2)=CCCC=4)nc(-c2ccc3oc4ccccc4c3c2)n1. The Bertz CT molecular complexity index is 1850. The van der Waals surface area contributed by atoms with E-state index in [0.29, 0.717) is 11.6 Å². The fraction of sp³-hybridized carbons (Fsp3) is 0.0741. The molecule has 0 radical (unpaired) electrons. The highest BCUT2D eigenvalue weighted by Gasteiger charge is 2.14. The maximum absolute atomic E-state index is 6.10. The highest BCUT2D eigenvalue weighted by atomic mass is 16.3. The van der Waals surface area contributed by atoms with Gasteiger partial charge in [-0.15, -0.1) is 0 Å². The lowest BCUT2D eigenvalue weighted by molar-refractivity contribution is 0.572. The van der Waals surface area contributed by atoms with Crippen LogP contribution in [0.15, 0.2) is 69.5 Å². The fourth-order valence-corrected chi connectivity index (χ4v) is 4.59. The first kappa shape index (κ1) is 18.2. The number of nitrogens with two attached hydrogens (primary N) is 1. The summed E-state index contributed by atoms with van der Waals surface area (Å²) in [6.45, 7) is 0. The molecule has 3 aromatic heterocycles. The summed E-state index contributed by atoms with van der Waals surface area (Å²) in [6, 6.07) is 19.9. The summed E-state index contributed by atoms with van der Waals surface area (Å²) in [5.41, 5.74) is 11.2. The largest absolute Gasteiger partial charge is 0.456 e. The van der Waals surface area contributed by atoms with Crippen molar-refractivity contribution >= 4 is 51.0 Å². The molecule has 6 heteroatoms. The Balaban J connectivity index is 1.38. The van der Waals surface area contributed by atoms with Crippen LogP contribution in [0.25, 0.3) is 67.8 Å². The molecule has 0 atom stereocenters. The summed E-state index contributed by atoms with van der Waals surface area (Å²) in [5, 5.41) is 4.33. The molecule has 0 aliphatic heterocycles. The van der Waals surface area contributed by atoms with Gasteiger partial charge in [0.05, 0.1) is 0 Å². The van der Waals surface area contributed by atoms with Gasteiger partial charge in [0.15, 0.2) is 11.6 Å². The molecule has 2 N–H and O–H groups in total. The van der Waals surface area contributed by atoms with E-state index in [1.54, 1.807) is 0 Å². The molecule has 6 nitrogen and oxygen atoms in total. The maximum atomic E-state index is 6.10. The summed E-state index contributed by atoms with van der Waals surface area (Å²) < 4.78 is 12.0. The van der Waals surface area contributed by atoms with Crippen molar-refractivity contribution in [1.82, 2.24) is 15.0 Å². The number of rotatable bonds is 2. The minimum absolute atomic E-state index is 0.174. The van der Waals surface area contributed by atoms with Gasteiger partial charge in [0.1, 0.15) is 22.2 Å². The fourth-order valence-electron chi connectivity index (χ4n) is 4.59. The van der Waals surface area contributed by atoms with Gasteiger partial charge < -0.3 is 14.6 Å². The van der Waals surface area contributed by atoms with Gasteiger partial charge in [-0.25, -0.2) is 4.98 Å². The summed E-state index contributed by atoms with van der Waals surface area (Å²) in [5.74, 6) is 1.21. The van der Waals surface area contributed by atoms with Crippen LogP contribution < -0.4 is 16.4 Å². The van der Waals surface area contributed by atoms with Crippen molar-refractivity contribution in [2.45, 2.75) is 12.8 Å². The summed E-state index contributed by atoms with van der Waals surface area (Å²) in [4.78, 5) is 13.6. The van der Waals surface area contributed by atoms with Crippen molar-refractivity contribution in [2.75, 3.05) is 5.73 Å². The number of nitrogens with zero attached hydrogens (tertiary/aromatic N) is 3. The lowest BCUT2D eigenvalue weighted by atomic mass is 10.1. The molecule has 33 heavy (non-hydrogen) atoms. The third-order valence-electron chi connectivity index (χ3n) is 6.15. The normalized spacial score (nSPS) is 13.2. The number of para-hydroxylation sites is 1. The van der Waals surface area contributed by atoms with Gasteiger partial charge in [0.2, 0.25) is 5.95 Å². The molecule has 0 saturated heterocycles. The van der Waals surface area contributed by atoms with Crippen LogP contribution in [0, 0.1) is 0 Å². The Morgan fingerprint density at radius 2 is 1.39 bits per heavy atom. The van der Waals surface area contributed by atoms with E-state index in [9.17, 15) is 0 Å². The number of fused-ring (bicyclic) bond motifs is 6. The van der Waals surface area contributed by atoms with Gasteiger partial charge in [-0.3, -0.25) is 0 Å². The van der Waals surface area contributed by atoms with Crippen molar-refractivity contribution < 1.29 is 8.83 Å². The Hall–Kier alpha value is -4.45. The van der Waals surface area contributed by atoms with Gasteiger partial charge in [-0.2, -0.15) is 9.97 Å². The van der Waals surface area contributed by atoms with Crippen LogP contribution in [0.2, 0.25) is 0 Å². The highest BCUT2D eigenvalue weighted by molar-refractivity contribution is 6.06. The number of anilines is 1. The first-order valence-electron chi connectivity index (χ1n) is 10.9. The van der Waals surface area contributed by atoms with E-state index in [-0.39, 0.29) is 5.95 Å². The third kappa shape index (κ3) is 2.84. The lowest BCUT2D eigenvalue weighted by Gasteiger charge is -2.06. The molecular weight excluding hydrogens is 412 g/mol. The predicted molar refractivity (Wildman–Crippen MR) is 130 cm³/mol. The molecule has 6 aromatic rings. The highest BCUT2D eigenvalue weighted by Crippen LogP contribution is 2.32. The molecule has 1 aliphatic rings. The van der Waals surface area contributed by atoms with Gasteiger partial charge >= 0.3 is 0 Å². The summed E-state index contributed by atoms with van der Waals surface area (Å²) >= 11 is 0. The van der Waals surface area contributed by atoms with Crippen LogP contribution in [0.3, 0.4) is 0 Å². The molecule has 0 bridgehead atoms. The van der Waals surface area contributed by atoms with Gasteiger partial charge in [-0.05, 0) is 55.3 Å². The van der Waals surface area contributed by atoms with Crippen LogP contribution in [0.4, 0.5) is 5.95 Å². The second kappa shape index (κ2) is 6.77. The third-order valence-corrected chi connectivity index (χ3v) is 6.15. The first-order chi connectivity index (χ1) is 16.2. The van der Waals surface area contributed by atoms with Crippen LogP contribution in [0.1, 0.15) is 12.8 Å². The zero-order chi connectivity index (χ0) is 21.9. The van der Waals surface area contributed by atoms with Gasteiger partial charge in [0, 0.05) is 32.5 Å². The number of benzene rings is 3. The monoisotopic (exact) mass is 430 g/mol. The average Bonchev–Trinajstić information content (AvgIpc) is 3.41. The van der Waals surface area contributed by atoms with Crippen molar-refractivity contribution in [3.8, 4) is 22.8 Å². The number of furan rings is 2. The van der Waals surface area contributed by atoms with E-state index in [0.717, 1.165) is 62.3 Å². The van der Waals surface area contributed by atoms with E-state index < -0.39 is 0 Å². The van der Waals surface area contributed by atoms with E-state index >= 15 is 0 Å². The smallest absolute Gasteiger partial charge is 0.224 e. The average molecular weight is 430 g/mol. The lowest BCUT2D eigenvalue weighted by Crippen LogP contribution is -2.21. The van der Waals surface area contributed by atoms with Crippen LogP contribution in [0.5, 0.6) is 0 Å². The molecular formula is C27H18N4O2. The zero-order valence-corrected chi connectivity index (χ0v) is 17.6. The molecule has 7 rings (SSSR count). The maximum Gasteiger partial charge on any atom is 0.224 e. The molecule has 3 aromatic carbocycles. The molecule has 0 unspecified atom stereocenters. The van der Waals surface area contributed by atoms with Gasteiger partial charge in [-0.1, -0.05) is 30.3 Å². The molecule has 0 spiro atoms. The topological polar surface area (TPSA) is 91.0 Å². The minimum atomic E-state index is 0.174. The second-order valence-corrected chi connectivity index (χ2v) is 8.23. The van der Waals surface area contributed by atoms with E-state index in [2.05, 4.69) is 28.2 Å². The second-order valence-electron chi connectivity index (χ2n) is 8.23. The van der Waals surface area contributed by atoms with Crippen LogP contribution in [-0.2, 0) is 0 Å². The Morgan fingerprint density at radius 3 is 2.30 bits per heavy atom. The molecule has 0 amide bonds. The molecule has 0 saturated carbocycles. The minimum Gasteiger partial charge on any atom is -0.456 e. The van der Waals surface area contributed by atoms with Crippen molar-refractivity contribution in [3.63, 3.8) is 0 Å². The number of nitrogen functional groups attached to an aromatic ring is 1. The summed E-state index contributed by atoms with van der Waals surface area (Å²) in [7, 11) is 0. The standard InChI is InChI=1S/C27H18N4O2/c28-27-30-25(15-10-12-23-20(13-15)18-6-2-4-8-22(18)32-23)29-26(31-27)16-9-11-19-17-5-1-3-7-21(17)33-24(19)14-16/h2,4-14H,1,3H2,(H2,28,29,30,31).